The van der Waals surface area contributed by atoms with Gasteiger partial charge in [0.15, 0.2) is 0 Å². The minimum absolute atomic E-state index is 0.0507. The molecule has 0 atom stereocenters. The van der Waals surface area contributed by atoms with Crippen LogP contribution in [-0.4, -0.2) is 11.4 Å². The second-order valence-electron chi connectivity index (χ2n) is 4.81. The summed E-state index contributed by atoms with van der Waals surface area (Å²) in [5.41, 5.74) is 7.30. The highest BCUT2D eigenvalue weighted by Crippen LogP contribution is 2.19. The molecule has 3 N–H and O–H groups in total. The van der Waals surface area contributed by atoms with Crippen molar-refractivity contribution in [2.24, 2.45) is 0 Å². The molecule has 3 heteroatoms. The zero-order valence-corrected chi connectivity index (χ0v) is 11.6. The van der Waals surface area contributed by atoms with Crippen molar-refractivity contribution in [3.63, 3.8) is 0 Å². The van der Waals surface area contributed by atoms with E-state index in [4.69, 9.17) is 5.73 Å². The Morgan fingerprint density at radius 2 is 1.61 bits per heavy atom. The van der Waals surface area contributed by atoms with Crippen molar-refractivity contribution >= 4 is 11.6 Å². The molecule has 1 aromatic carbocycles. The van der Waals surface area contributed by atoms with Crippen LogP contribution in [0.3, 0.4) is 0 Å². The highest BCUT2D eigenvalue weighted by Gasteiger charge is 2.25. The van der Waals surface area contributed by atoms with Gasteiger partial charge in [0.25, 0.3) is 0 Å². The van der Waals surface area contributed by atoms with Crippen LogP contribution in [0.25, 0.3) is 0 Å². The molecule has 3 nitrogen and oxygen atoms in total. The summed E-state index contributed by atoms with van der Waals surface area (Å²) in [6.45, 7) is 6.36. The molecule has 1 amide bonds. The van der Waals surface area contributed by atoms with Crippen molar-refractivity contribution in [3.8, 4) is 0 Å². The van der Waals surface area contributed by atoms with E-state index in [-0.39, 0.29) is 11.4 Å². The lowest BCUT2D eigenvalue weighted by Gasteiger charge is -2.31. The predicted molar refractivity (Wildman–Crippen MR) is 76.3 cm³/mol. The maximum Gasteiger partial charge on any atom is 0.224 e. The van der Waals surface area contributed by atoms with Gasteiger partial charge in [-0.25, -0.2) is 0 Å². The van der Waals surface area contributed by atoms with Crippen molar-refractivity contribution < 1.29 is 4.79 Å². The van der Waals surface area contributed by atoms with Gasteiger partial charge in [0, 0.05) is 11.2 Å². The van der Waals surface area contributed by atoms with E-state index in [1.807, 2.05) is 24.3 Å². The molecule has 0 heterocycles. The predicted octanol–water partition coefficient (Wildman–Crippen LogP) is 2.90. The number of nitrogens with one attached hydrogen (secondary N) is 1. The molecule has 0 fully saturated rings. The molecule has 0 saturated heterocycles. The average Bonchev–Trinajstić information content (AvgIpc) is 2.39. The molecular formula is C15H24N2O. The van der Waals surface area contributed by atoms with Crippen LogP contribution in [0.1, 0.15) is 45.6 Å². The van der Waals surface area contributed by atoms with Crippen LogP contribution < -0.4 is 11.1 Å². The van der Waals surface area contributed by atoms with Crippen LogP contribution in [0, 0.1) is 0 Å². The Balaban J connectivity index is 2.63. The summed E-state index contributed by atoms with van der Waals surface area (Å²) in [4.78, 5) is 12.0. The summed E-state index contributed by atoms with van der Waals surface area (Å²) >= 11 is 0. The molecule has 0 saturated carbocycles. The van der Waals surface area contributed by atoms with E-state index in [2.05, 4.69) is 26.1 Å². The monoisotopic (exact) mass is 248 g/mol. The molecule has 100 valence electrons. The van der Waals surface area contributed by atoms with Crippen molar-refractivity contribution in [3.05, 3.63) is 29.8 Å². The van der Waals surface area contributed by atoms with Gasteiger partial charge in [-0.1, -0.05) is 32.9 Å². The number of nitrogen functional groups attached to an aromatic ring is 1. The number of anilines is 1. The Hall–Kier alpha value is -1.51. The third kappa shape index (κ3) is 3.76. The fourth-order valence-corrected chi connectivity index (χ4v) is 2.18. The van der Waals surface area contributed by atoms with E-state index in [1.54, 1.807) is 0 Å². The topological polar surface area (TPSA) is 55.1 Å². The van der Waals surface area contributed by atoms with E-state index in [0.29, 0.717) is 6.42 Å². The third-order valence-corrected chi connectivity index (χ3v) is 3.78. The average molecular weight is 248 g/mol. The quantitative estimate of drug-likeness (QED) is 0.761. The van der Waals surface area contributed by atoms with E-state index in [9.17, 15) is 4.79 Å². The second kappa shape index (κ2) is 6.43. The van der Waals surface area contributed by atoms with Crippen molar-refractivity contribution in [2.45, 2.75) is 52.0 Å². The van der Waals surface area contributed by atoms with Gasteiger partial charge in [-0.2, -0.15) is 0 Å². The molecule has 0 unspecified atom stereocenters. The number of hydrogen-bond donors (Lipinski definition) is 2. The first kappa shape index (κ1) is 14.6. The Labute approximate surface area is 110 Å². The fourth-order valence-electron chi connectivity index (χ4n) is 2.18. The molecule has 1 rings (SSSR count). The van der Waals surface area contributed by atoms with Crippen LogP contribution >= 0.6 is 0 Å². The summed E-state index contributed by atoms with van der Waals surface area (Å²) in [5, 5.41) is 3.17. The standard InChI is InChI=1S/C15H24N2O/c1-4-15(5-2,6-3)17-14(18)11-12-7-9-13(16)10-8-12/h7-10H,4-6,11,16H2,1-3H3,(H,17,18). The van der Waals surface area contributed by atoms with Crippen molar-refractivity contribution in [1.82, 2.24) is 5.32 Å². The SMILES string of the molecule is CCC(CC)(CC)NC(=O)Cc1ccc(N)cc1. The normalized spacial score (nSPS) is 11.3. The Bertz CT molecular complexity index is 372. The Morgan fingerprint density at radius 3 is 2.06 bits per heavy atom. The van der Waals surface area contributed by atoms with Gasteiger partial charge in [-0.05, 0) is 37.0 Å². The van der Waals surface area contributed by atoms with Crippen LogP contribution in [0.5, 0.6) is 0 Å². The van der Waals surface area contributed by atoms with Gasteiger partial charge in [-0.3, -0.25) is 4.79 Å². The molecule has 0 bridgehead atoms. The molecular weight excluding hydrogens is 224 g/mol. The molecule has 0 aliphatic heterocycles. The summed E-state index contributed by atoms with van der Waals surface area (Å²) in [6, 6.07) is 7.46. The third-order valence-electron chi connectivity index (χ3n) is 3.78. The molecule has 0 aliphatic rings. The Kier molecular flexibility index (Phi) is 5.20. The van der Waals surface area contributed by atoms with Crippen LogP contribution in [0.4, 0.5) is 5.69 Å². The first-order valence-electron chi connectivity index (χ1n) is 6.70. The van der Waals surface area contributed by atoms with Crippen LogP contribution in [0.15, 0.2) is 24.3 Å². The number of amides is 1. The lowest BCUT2D eigenvalue weighted by molar-refractivity contribution is -0.122. The number of carbonyl (C=O) groups excluding carboxylic acids is 1. The number of carbonyl (C=O) groups is 1. The Morgan fingerprint density at radius 1 is 1.11 bits per heavy atom. The summed E-state index contributed by atoms with van der Waals surface area (Å²) in [6.07, 6.45) is 3.32. The smallest absolute Gasteiger partial charge is 0.224 e. The fraction of sp³-hybridized carbons (Fsp3) is 0.533. The zero-order chi connectivity index (χ0) is 13.6. The van der Waals surface area contributed by atoms with E-state index < -0.39 is 0 Å². The molecule has 0 aliphatic carbocycles. The molecule has 0 aromatic heterocycles. The summed E-state index contributed by atoms with van der Waals surface area (Å²) < 4.78 is 0. The van der Waals surface area contributed by atoms with Gasteiger partial charge in [0.2, 0.25) is 5.91 Å². The van der Waals surface area contributed by atoms with Crippen molar-refractivity contribution in [2.75, 3.05) is 5.73 Å². The van der Waals surface area contributed by atoms with Crippen LogP contribution in [-0.2, 0) is 11.2 Å². The lowest BCUT2D eigenvalue weighted by atomic mass is 9.89. The number of hydrogen-bond acceptors (Lipinski definition) is 2. The maximum absolute atomic E-state index is 12.0. The van der Waals surface area contributed by atoms with E-state index in [1.165, 1.54) is 0 Å². The van der Waals surface area contributed by atoms with Gasteiger partial charge in [0.1, 0.15) is 0 Å². The minimum atomic E-state index is -0.0507. The highest BCUT2D eigenvalue weighted by atomic mass is 16.1. The number of nitrogens with two attached hydrogens (primary N) is 1. The van der Waals surface area contributed by atoms with Gasteiger partial charge < -0.3 is 11.1 Å². The first-order chi connectivity index (χ1) is 8.55. The zero-order valence-electron chi connectivity index (χ0n) is 11.6. The lowest BCUT2D eigenvalue weighted by Crippen LogP contribution is -2.47. The first-order valence-corrected chi connectivity index (χ1v) is 6.70. The largest absolute Gasteiger partial charge is 0.399 e. The van der Waals surface area contributed by atoms with Crippen LogP contribution in [0.2, 0.25) is 0 Å². The molecule has 18 heavy (non-hydrogen) atoms. The second-order valence-corrected chi connectivity index (χ2v) is 4.81. The van der Waals surface area contributed by atoms with E-state index in [0.717, 1.165) is 30.5 Å². The molecule has 1 aromatic rings. The van der Waals surface area contributed by atoms with Gasteiger partial charge >= 0.3 is 0 Å². The maximum atomic E-state index is 12.0. The highest BCUT2D eigenvalue weighted by molar-refractivity contribution is 5.79. The van der Waals surface area contributed by atoms with Crippen molar-refractivity contribution in [1.29, 1.82) is 0 Å². The van der Waals surface area contributed by atoms with Gasteiger partial charge in [0.05, 0.1) is 6.42 Å². The summed E-state index contributed by atoms with van der Waals surface area (Å²) in [5.74, 6) is 0.0883. The summed E-state index contributed by atoms with van der Waals surface area (Å²) in [7, 11) is 0. The number of rotatable bonds is 6. The molecule has 0 spiro atoms. The van der Waals surface area contributed by atoms with E-state index >= 15 is 0 Å². The molecule has 0 radical (unpaired) electrons. The van der Waals surface area contributed by atoms with Gasteiger partial charge in [-0.15, -0.1) is 0 Å². The number of benzene rings is 1. The minimum Gasteiger partial charge on any atom is -0.399 e.